The van der Waals surface area contributed by atoms with Gasteiger partial charge in [0.05, 0.1) is 10.4 Å². The highest BCUT2D eigenvalue weighted by atomic mass is 35.5. The van der Waals surface area contributed by atoms with E-state index in [2.05, 4.69) is 10.3 Å². The van der Waals surface area contributed by atoms with Crippen LogP contribution in [-0.2, 0) is 0 Å². The highest BCUT2D eigenvalue weighted by molar-refractivity contribution is 8.13. The summed E-state index contributed by atoms with van der Waals surface area (Å²) in [6.07, 6.45) is 3.73. The smallest absolute Gasteiger partial charge is 0.183 e. The van der Waals surface area contributed by atoms with Crippen LogP contribution in [0.3, 0.4) is 0 Å². The lowest BCUT2D eigenvalue weighted by Crippen LogP contribution is -2.14. The summed E-state index contributed by atoms with van der Waals surface area (Å²) in [6.45, 7) is 1.97. The van der Waals surface area contributed by atoms with Crippen molar-refractivity contribution in [2.75, 3.05) is 6.26 Å². The molecule has 0 bridgehead atoms. The van der Waals surface area contributed by atoms with Crippen molar-refractivity contribution < 1.29 is 0 Å². The zero-order valence-corrected chi connectivity index (χ0v) is 10.7. The van der Waals surface area contributed by atoms with Crippen molar-refractivity contribution in [3.63, 3.8) is 0 Å². The van der Waals surface area contributed by atoms with E-state index in [4.69, 9.17) is 16.9 Å². The van der Waals surface area contributed by atoms with Crippen LogP contribution >= 0.6 is 34.7 Å². The molecule has 0 saturated heterocycles. The number of rotatable bonds is 2. The fraction of sp³-hybridized carbons (Fsp3) is 0.333. The third-order valence-electron chi connectivity index (χ3n) is 1.67. The number of nitrogens with one attached hydrogen (secondary N) is 1. The molecule has 0 aromatic carbocycles. The SMILES string of the molecule is CSC(=NC(C)c1ccc(Cl)s1)NC#N. The van der Waals surface area contributed by atoms with Gasteiger partial charge in [-0.3, -0.25) is 10.3 Å². The zero-order valence-electron chi connectivity index (χ0n) is 8.32. The molecule has 3 nitrogen and oxygen atoms in total. The van der Waals surface area contributed by atoms with Gasteiger partial charge in [0, 0.05) is 4.88 Å². The fourth-order valence-corrected chi connectivity index (χ4v) is 2.44. The van der Waals surface area contributed by atoms with Gasteiger partial charge < -0.3 is 0 Å². The van der Waals surface area contributed by atoms with E-state index in [1.807, 2.05) is 31.5 Å². The Balaban J connectivity index is 2.77. The molecule has 0 fully saturated rings. The monoisotopic (exact) mass is 259 g/mol. The Kier molecular flexibility index (Phi) is 4.95. The van der Waals surface area contributed by atoms with E-state index < -0.39 is 0 Å². The predicted molar refractivity (Wildman–Crippen MR) is 67.4 cm³/mol. The average molecular weight is 260 g/mol. The Bertz CT molecular complexity index is 394. The van der Waals surface area contributed by atoms with E-state index >= 15 is 0 Å². The summed E-state index contributed by atoms with van der Waals surface area (Å²) in [6, 6.07) is 3.82. The Morgan fingerprint density at radius 1 is 1.73 bits per heavy atom. The highest BCUT2D eigenvalue weighted by Crippen LogP contribution is 2.29. The maximum Gasteiger partial charge on any atom is 0.183 e. The molecule has 1 aromatic rings. The second kappa shape index (κ2) is 6.01. The van der Waals surface area contributed by atoms with Crippen LogP contribution in [0.1, 0.15) is 17.8 Å². The van der Waals surface area contributed by atoms with Crippen molar-refractivity contribution in [1.82, 2.24) is 5.32 Å². The van der Waals surface area contributed by atoms with Crippen LogP contribution in [0.25, 0.3) is 0 Å². The first-order valence-electron chi connectivity index (χ1n) is 4.19. The van der Waals surface area contributed by atoms with Crippen molar-refractivity contribution >= 4 is 39.9 Å². The van der Waals surface area contributed by atoms with Crippen molar-refractivity contribution in [3.05, 3.63) is 21.3 Å². The van der Waals surface area contributed by atoms with Crippen molar-refractivity contribution in [2.45, 2.75) is 13.0 Å². The van der Waals surface area contributed by atoms with Crippen LogP contribution in [0.4, 0.5) is 0 Å². The normalized spacial score (nSPS) is 13.3. The predicted octanol–water partition coefficient (Wildman–Crippen LogP) is 3.25. The molecule has 0 aliphatic heterocycles. The molecule has 1 rings (SSSR count). The average Bonchev–Trinajstić information content (AvgIpc) is 2.64. The van der Waals surface area contributed by atoms with Gasteiger partial charge >= 0.3 is 0 Å². The second-order valence-electron chi connectivity index (χ2n) is 2.69. The van der Waals surface area contributed by atoms with E-state index in [1.54, 1.807) is 0 Å². The van der Waals surface area contributed by atoms with E-state index in [1.165, 1.54) is 23.1 Å². The van der Waals surface area contributed by atoms with Gasteiger partial charge in [-0.05, 0) is 25.3 Å². The first kappa shape index (κ1) is 12.4. The number of aliphatic imine (C=N–C) groups is 1. The molecule has 1 unspecified atom stereocenters. The van der Waals surface area contributed by atoms with E-state index in [0.29, 0.717) is 5.17 Å². The molecule has 0 saturated carbocycles. The number of hydrogen-bond donors (Lipinski definition) is 1. The number of nitrogens with zero attached hydrogens (tertiary/aromatic N) is 2. The van der Waals surface area contributed by atoms with Gasteiger partial charge in [0.15, 0.2) is 11.4 Å². The molecule has 0 spiro atoms. The largest absolute Gasteiger partial charge is 0.272 e. The number of halogens is 1. The summed E-state index contributed by atoms with van der Waals surface area (Å²) in [5.74, 6) is 0. The summed E-state index contributed by atoms with van der Waals surface area (Å²) in [5, 5.41) is 11.6. The van der Waals surface area contributed by atoms with Crippen LogP contribution in [0.5, 0.6) is 0 Å². The third-order valence-corrected chi connectivity index (χ3v) is 3.67. The third kappa shape index (κ3) is 3.74. The summed E-state index contributed by atoms with van der Waals surface area (Å²) in [5.41, 5.74) is 0. The van der Waals surface area contributed by atoms with Crippen LogP contribution in [0, 0.1) is 11.5 Å². The number of amidine groups is 1. The topological polar surface area (TPSA) is 48.2 Å². The molecule has 1 N–H and O–H groups in total. The van der Waals surface area contributed by atoms with E-state index in [0.717, 1.165) is 9.21 Å². The van der Waals surface area contributed by atoms with Crippen molar-refractivity contribution in [2.24, 2.45) is 4.99 Å². The molecule has 6 heteroatoms. The standard InChI is InChI=1S/C9H10ClN3S2/c1-6(7-3-4-8(10)15-7)13-9(14-2)12-5-11/h3-4,6H,1-2H3,(H,12,13). The van der Waals surface area contributed by atoms with Crippen LogP contribution in [-0.4, -0.2) is 11.4 Å². The van der Waals surface area contributed by atoms with Gasteiger partial charge in [-0.1, -0.05) is 23.4 Å². The van der Waals surface area contributed by atoms with Gasteiger partial charge in [0.1, 0.15) is 0 Å². The Morgan fingerprint density at radius 3 is 2.93 bits per heavy atom. The van der Waals surface area contributed by atoms with Crippen molar-refractivity contribution in [1.29, 1.82) is 5.26 Å². The summed E-state index contributed by atoms with van der Waals surface area (Å²) >= 11 is 8.75. The van der Waals surface area contributed by atoms with E-state index in [9.17, 15) is 0 Å². The molecule has 0 radical (unpaired) electrons. The maximum absolute atomic E-state index is 8.48. The molecule has 80 valence electrons. The number of thiophene rings is 1. The van der Waals surface area contributed by atoms with Gasteiger partial charge in [-0.15, -0.1) is 11.3 Å². The van der Waals surface area contributed by atoms with Crippen LogP contribution in [0.2, 0.25) is 4.34 Å². The molecular formula is C9H10ClN3S2. The molecule has 0 aliphatic carbocycles. The van der Waals surface area contributed by atoms with Gasteiger partial charge in [-0.2, -0.15) is 5.26 Å². The second-order valence-corrected chi connectivity index (χ2v) is 5.23. The maximum atomic E-state index is 8.48. The van der Waals surface area contributed by atoms with Gasteiger partial charge in [-0.25, -0.2) is 0 Å². The van der Waals surface area contributed by atoms with Crippen LogP contribution < -0.4 is 5.32 Å². The minimum Gasteiger partial charge on any atom is -0.272 e. The molecule has 1 aromatic heterocycles. The molecular weight excluding hydrogens is 250 g/mol. The first-order valence-corrected chi connectivity index (χ1v) is 6.61. The number of hydrogen-bond acceptors (Lipinski definition) is 4. The molecule has 0 amide bonds. The summed E-state index contributed by atoms with van der Waals surface area (Å²) in [4.78, 5) is 5.46. The van der Waals surface area contributed by atoms with Crippen molar-refractivity contribution in [3.8, 4) is 6.19 Å². The quantitative estimate of drug-likeness (QED) is 0.384. The summed E-state index contributed by atoms with van der Waals surface area (Å²) in [7, 11) is 0. The molecule has 1 heterocycles. The Hall–Kier alpha value is -0.700. The summed E-state index contributed by atoms with van der Waals surface area (Å²) < 4.78 is 0.756. The van der Waals surface area contributed by atoms with E-state index in [-0.39, 0.29) is 6.04 Å². The lowest BCUT2D eigenvalue weighted by atomic mass is 10.3. The van der Waals surface area contributed by atoms with Crippen LogP contribution in [0.15, 0.2) is 17.1 Å². The Morgan fingerprint density at radius 2 is 2.47 bits per heavy atom. The molecule has 15 heavy (non-hydrogen) atoms. The number of nitriles is 1. The highest BCUT2D eigenvalue weighted by Gasteiger charge is 2.07. The first-order chi connectivity index (χ1) is 7.17. The molecule has 0 aliphatic rings. The fourth-order valence-electron chi connectivity index (χ4n) is 0.976. The van der Waals surface area contributed by atoms with Gasteiger partial charge in [0.2, 0.25) is 0 Å². The lowest BCUT2D eigenvalue weighted by Gasteiger charge is -2.05. The lowest BCUT2D eigenvalue weighted by molar-refractivity contribution is 0.838. The minimum atomic E-state index is 0.0193. The number of thioether (sulfide) groups is 1. The minimum absolute atomic E-state index is 0.0193. The van der Waals surface area contributed by atoms with Gasteiger partial charge in [0.25, 0.3) is 0 Å². The Labute approximate surface area is 102 Å². The molecule has 1 atom stereocenters. The zero-order chi connectivity index (χ0) is 11.3.